The molecule has 0 saturated carbocycles. The van der Waals surface area contributed by atoms with Gasteiger partial charge in [-0.25, -0.2) is 9.59 Å². The van der Waals surface area contributed by atoms with Crippen LogP contribution in [0.3, 0.4) is 0 Å². The number of benzene rings is 2. The summed E-state index contributed by atoms with van der Waals surface area (Å²) in [5.41, 5.74) is 0.764. The quantitative estimate of drug-likeness (QED) is 0.200. The van der Waals surface area contributed by atoms with Crippen LogP contribution < -0.4 is 0 Å². The first-order valence-corrected chi connectivity index (χ1v) is 10.2. The molecule has 8 nitrogen and oxygen atoms in total. The minimum atomic E-state index is -1.13. The Labute approximate surface area is 196 Å². The number of ether oxygens (including phenoxy) is 1. The fourth-order valence-electron chi connectivity index (χ4n) is 2.97. The smallest absolute Gasteiger partial charge is 0.346 e. The van der Waals surface area contributed by atoms with E-state index in [4.69, 9.17) is 0 Å². The van der Waals surface area contributed by atoms with Crippen LogP contribution in [-0.4, -0.2) is 44.9 Å². The summed E-state index contributed by atoms with van der Waals surface area (Å²) in [4.78, 5) is 46.1. The van der Waals surface area contributed by atoms with Gasteiger partial charge in [0.1, 0.15) is 11.5 Å². The number of aromatic hydroxyl groups is 2. The van der Waals surface area contributed by atoms with Crippen molar-refractivity contribution in [3.05, 3.63) is 95.1 Å². The number of carbonyl (C=O) groups excluding carboxylic acids is 4. The van der Waals surface area contributed by atoms with Crippen LogP contribution >= 0.6 is 0 Å². The van der Waals surface area contributed by atoms with E-state index in [0.717, 1.165) is 29.9 Å². The third-order valence-corrected chi connectivity index (χ3v) is 4.66. The summed E-state index contributed by atoms with van der Waals surface area (Å²) in [6, 6.07) is 10.6. The van der Waals surface area contributed by atoms with Crippen LogP contribution in [0.5, 0.6) is 11.5 Å². The Morgan fingerprint density at radius 3 is 2.15 bits per heavy atom. The van der Waals surface area contributed by atoms with E-state index in [1.165, 1.54) is 0 Å². The van der Waals surface area contributed by atoms with Gasteiger partial charge in [-0.3, -0.25) is 9.59 Å². The van der Waals surface area contributed by atoms with Crippen LogP contribution in [0.15, 0.2) is 78.4 Å². The van der Waals surface area contributed by atoms with Crippen LogP contribution in [0, 0.1) is 0 Å². The van der Waals surface area contributed by atoms with Gasteiger partial charge >= 0.3 is 11.9 Å². The average Bonchev–Trinajstić information content (AvgIpc) is 2.82. The molecular weight excluding hydrogens is 440 g/mol. The first-order valence-electron chi connectivity index (χ1n) is 10.2. The molecule has 0 heterocycles. The number of Topliss-reactive ketones (excluding diaryl/α,β-unsaturated/α-hetero) is 1. The zero-order valence-corrected chi connectivity index (χ0v) is 18.6. The number of ketones is 2. The van der Waals surface area contributed by atoms with Crippen molar-refractivity contribution < 1.29 is 39.2 Å². The number of phenolic OH excluding ortho intramolecular Hbond substituents is 2. The molecular formula is C26H24O8. The number of hydrogen-bond donors (Lipinski definition) is 3. The monoisotopic (exact) mass is 464 g/mol. The molecule has 0 aliphatic heterocycles. The number of carbonyl (C=O) groups is 4. The average molecular weight is 464 g/mol. The van der Waals surface area contributed by atoms with Crippen LogP contribution in [0.4, 0.5) is 0 Å². The van der Waals surface area contributed by atoms with Crippen molar-refractivity contribution in [2.75, 3.05) is 0 Å². The lowest BCUT2D eigenvalue weighted by atomic mass is 9.85. The minimum absolute atomic E-state index is 0.0779. The molecule has 176 valence electrons. The van der Waals surface area contributed by atoms with Gasteiger partial charge in [0.25, 0.3) is 0 Å². The molecule has 1 aliphatic carbocycles. The lowest BCUT2D eigenvalue weighted by Crippen LogP contribution is -2.25. The second-order valence-electron chi connectivity index (χ2n) is 7.46. The molecule has 0 radical (unpaired) electrons. The zero-order chi connectivity index (χ0) is 25.4. The molecule has 0 amide bonds. The van der Waals surface area contributed by atoms with Crippen molar-refractivity contribution in [1.29, 1.82) is 0 Å². The van der Waals surface area contributed by atoms with Gasteiger partial charge in [0.05, 0.1) is 22.8 Å². The highest BCUT2D eigenvalue weighted by atomic mass is 16.6. The summed E-state index contributed by atoms with van der Waals surface area (Å²) < 4.78 is 4.39. The Hall–Kier alpha value is -4.30. The molecule has 0 bridgehead atoms. The molecule has 34 heavy (non-hydrogen) atoms. The Morgan fingerprint density at radius 1 is 1.00 bits per heavy atom. The fourth-order valence-corrected chi connectivity index (χ4v) is 2.97. The molecule has 0 fully saturated rings. The van der Waals surface area contributed by atoms with Crippen LogP contribution in [0.25, 0.3) is 0 Å². The molecule has 8 heteroatoms. The Bertz CT molecular complexity index is 1180. The number of allylic oxidation sites excluding steroid dienone is 2. The SMILES string of the molecule is C=CC(=O)OC(=O)c1ccccc1.CC(C)=CC[C@@H](O)C1=CC(=O)c2c(O)ccc(O)c2C1=O. The lowest BCUT2D eigenvalue weighted by Gasteiger charge is -2.20. The van der Waals surface area contributed by atoms with E-state index in [2.05, 4.69) is 11.3 Å². The topological polar surface area (TPSA) is 138 Å². The van der Waals surface area contributed by atoms with Gasteiger partial charge < -0.3 is 20.1 Å². The Morgan fingerprint density at radius 2 is 1.59 bits per heavy atom. The van der Waals surface area contributed by atoms with Crippen molar-refractivity contribution in [3.63, 3.8) is 0 Å². The second kappa shape index (κ2) is 11.5. The van der Waals surface area contributed by atoms with Gasteiger partial charge in [0.15, 0.2) is 11.6 Å². The predicted molar refractivity (Wildman–Crippen MR) is 124 cm³/mol. The molecule has 1 aliphatic rings. The molecule has 2 aromatic carbocycles. The number of aliphatic hydroxyl groups is 1. The third kappa shape index (κ3) is 6.36. The van der Waals surface area contributed by atoms with E-state index in [9.17, 15) is 34.5 Å². The fraction of sp³-hybridized carbons (Fsp3) is 0.154. The van der Waals surface area contributed by atoms with E-state index in [1.54, 1.807) is 36.4 Å². The van der Waals surface area contributed by atoms with Crippen LogP contribution in [-0.2, 0) is 9.53 Å². The molecule has 0 saturated heterocycles. The normalized spacial score (nSPS) is 12.9. The molecule has 0 aromatic heterocycles. The highest BCUT2D eigenvalue weighted by molar-refractivity contribution is 6.26. The number of phenols is 2. The molecule has 1 atom stereocenters. The van der Waals surface area contributed by atoms with Gasteiger partial charge in [0.2, 0.25) is 0 Å². The molecule has 3 rings (SSSR count). The summed E-state index contributed by atoms with van der Waals surface area (Å²) in [5.74, 6) is -3.41. The molecule has 3 N–H and O–H groups in total. The number of rotatable bonds is 5. The van der Waals surface area contributed by atoms with Crippen LogP contribution in [0.2, 0.25) is 0 Å². The van der Waals surface area contributed by atoms with Gasteiger partial charge in [-0.05, 0) is 50.6 Å². The lowest BCUT2D eigenvalue weighted by molar-refractivity contribution is -0.132. The minimum Gasteiger partial charge on any atom is -0.507 e. The highest BCUT2D eigenvalue weighted by Crippen LogP contribution is 2.35. The van der Waals surface area contributed by atoms with Gasteiger partial charge in [-0.2, -0.15) is 0 Å². The largest absolute Gasteiger partial charge is 0.507 e. The standard InChI is InChI=1S/C16H16O5.C10H8O3/c1-8(2)3-4-10(17)9-7-13(20)14-11(18)5-6-12(19)15(14)16(9)21;1-2-9(11)13-10(12)8-6-4-3-5-7-8/h3,5-7,10,17-19H,4H2,1-2H3;2-7H,1H2/t10-;/m1./s1. The van der Waals surface area contributed by atoms with Gasteiger partial charge in [-0.1, -0.05) is 36.4 Å². The number of fused-ring (bicyclic) bond motifs is 1. The maximum absolute atomic E-state index is 12.3. The first kappa shape index (κ1) is 26.0. The van der Waals surface area contributed by atoms with E-state index in [1.807, 2.05) is 13.8 Å². The van der Waals surface area contributed by atoms with E-state index in [0.29, 0.717) is 5.56 Å². The van der Waals surface area contributed by atoms with Crippen molar-refractivity contribution in [3.8, 4) is 11.5 Å². The van der Waals surface area contributed by atoms with Gasteiger partial charge in [0, 0.05) is 11.6 Å². The summed E-state index contributed by atoms with van der Waals surface area (Å²) in [5, 5.41) is 29.5. The zero-order valence-electron chi connectivity index (χ0n) is 18.6. The highest BCUT2D eigenvalue weighted by Gasteiger charge is 2.33. The van der Waals surface area contributed by atoms with Crippen LogP contribution in [0.1, 0.15) is 51.3 Å². The van der Waals surface area contributed by atoms with Crippen molar-refractivity contribution in [1.82, 2.24) is 0 Å². The van der Waals surface area contributed by atoms with E-state index >= 15 is 0 Å². The third-order valence-electron chi connectivity index (χ3n) is 4.66. The summed E-state index contributed by atoms with van der Waals surface area (Å²) in [6.45, 7) is 6.89. The number of hydrogen-bond acceptors (Lipinski definition) is 8. The molecule has 0 spiro atoms. The summed E-state index contributed by atoms with van der Waals surface area (Å²) >= 11 is 0. The summed E-state index contributed by atoms with van der Waals surface area (Å²) in [7, 11) is 0. The molecule has 0 unspecified atom stereocenters. The Balaban J connectivity index is 0.000000270. The predicted octanol–water partition coefficient (Wildman–Crippen LogP) is 3.68. The first-order chi connectivity index (χ1) is 16.1. The summed E-state index contributed by atoms with van der Waals surface area (Å²) in [6.07, 6.45) is 2.78. The Kier molecular flexibility index (Phi) is 8.80. The van der Waals surface area contributed by atoms with E-state index < -0.39 is 29.6 Å². The number of esters is 2. The van der Waals surface area contributed by atoms with Crippen molar-refractivity contribution in [2.45, 2.75) is 26.4 Å². The number of aliphatic hydroxyl groups excluding tert-OH is 1. The maximum atomic E-state index is 12.3. The van der Waals surface area contributed by atoms with E-state index in [-0.39, 0.29) is 34.6 Å². The van der Waals surface area contributed by atoms with Gasteiger partial charge in [-0.15, -0.1) is 0 Å². The second-order valence-corrected chi connectivity index (χ2v) is 7.46. The molecule has 2 aromatic rings. The maximum Gasteiger partial charge on any atom is 0.346 e. The van der Waals surface area contributed by atoms with Crippen molar-refractivity contribution >= 4 is 23.5 Å². The van der Waals surface area contributed by atoms with Crippen molar-refractivity contribution in [2.24, 2.45) is 0 Å².